The Bertz CT molecular complexity index is 723. The van der Waals surface area contributed by atoms with Crippen molar-refractivity contribution in [1.82, 2.24) is 19.9 Å². The number of nitrogens with one attached hydrogen (secondary N) is 1. The molecule has 1 N–H and O–H groups in total. The third-order valence-electron chi connectivity index (χ3n) is 4.11. The number of anilines is 1. The molecule has 2 aromatic heterocycles. The lowest BCUT2D eigenvalue weighted by Crippen LogP contribution is -2.41. The number of nitrogens with zero attached hydrogens (tertiary/aromatic N) is 4. The van der Waals surface area contributed by atoms with Gasteiger partial charge in [-0.05, 0) is 19.1 Å². The van der Waals surface area contributed by atoms with Crippen molar-refractivity contribution in [3.63, 3.8) is 0 Å². The number of hydrogen-bond donors (Lipinski definition) is 1. The first kappa shape index (κ1) is 17.3. The Kier molecular flexibility index (Phi) is 5.55. The van der Waals surface area contributed by atoms with Crippen LogP contribution in [0, 0.1) is 6.92 Å². The molecule has 0 radical (unpaired) electrons. The SMILES string of the molecule is CC(=O)N1CCOC(c2cc(NCCc3ccccn3)nc(C)n2)C1. The van der Waals surface area contributed by atoms with E-state index in [9.17, 15) is 4.79 Å². The molecule has 2 aromatic rings. The van der Waals surface area contributed by atoms with Crippen molar-refractivity contribution in [2.45, 2.75) is 26.4 Å². The number of amides is 1. The van der Waals surface area contributed by atoms with Crippen LogP contribution in [0.25, 0.3) is 0 Å². The number of aromatic nitrogens is 3. The Morgan fingerprint density at radius 2 is 2.28 bits per heavy atom. The molecule has 0 aliphatic carbocycles. The van der Waals surface area contributed by atoms with Crippen LogP contribution in [0.5, 0.6) is 0 Å². The summed E-state index contributed by atoms with van der Waals surface area (Å²) in [6, 6.07) is 7.80. The summed E-state index contributed by atoms with van der Waals surface area (Å²) in [4.78, 5) is 26.6. The zero-order valence-electron chi connectivity index (χ0n) is 14.6. The quantitative estimate of drug-likeness (QED) is 0.892. The van der Waals surface area contributed by atoms with E-state index < -0.39 is 0 Å². The van der Waals surface area contributed by atoms with E-state index in [4.69, 9.17) is 4.74 Å². The minimum absolute atomic E-state index is 0.0628. The normalized spacial score (nSPS) is 17.4. The number of carbonyl (C=O) groups is 1. The summed E-state index contributed by atoms with van der Waals surface area (Å²) in [5.41, 5.74) is 1.84. The molecule has 0 spiro atoms. The fourth-order valence-corrected chi connectivity index (χ4v) is 2.83. The van der Waals surface area contributed by atoms with Crippen LogP contribution in [-0.4, -0.2) is 52.0 Å². The topological polar surface area (TPSA) is 80.2 Å². The van der Waals surface area contributed by atoms with Gasteiger partial charge in [0.1, 0.15) is 17.7 Å². The Balaban J connectivity index is 1.64. The Hall–Kier alpha value is -2.54. The van der Waals surface area contributed by atoms with E-state index in [1.54, 1.807) is 18.0 Å². The highest BCUT2D eigenvalue weighted by atomic mass is 16.5. The van der Waals surface area contributed by atoms with Crippen LogP contribution < -0.4 is 5.32 Å². The van der Waals surface area contributed by atoms with Gasteiger partial charge in [-0.25, -0.2) is 9.97 Å². The molecule has 1 saturated heterocycles. The van der Waals surface area contributed by atoms with E-state index in [1.165, 1.54) is 0 Å². The van der Waals surface area contributed by atoms with Crippen LogP contribution in [0.3, 0.4) is 0 Å². The van der Waals surface area contributed by atoms with Crippen molar-refractivity contribution in [3.8, 4) is 0 Å². The zero-order valence-corrected chi connectivity index (χ0v) is 14.6. The predicted octanol–water partition coefficient (Wildman–Crippen LogP) is 1.75. The van der Waals surface area contributed by atoms with Gasteiger partial charge in [-0.1, -0.05) is 6.07 Å². The number of rotatable bonds is 5. The van der Waals surface area contributed by atoms with E-state index in [-0.39, 0.29) is 12.0 Å². The van der Waals surface area contributed by atoms with E-state index >= 15 is 0 Å². The second-order valence-corrected chi connectivity index (χ2v) is 6.05. The molecule has 1 aliphatic rings. The van der Waals surface area contributed by atoms with Crippen LogP contribution in [0.2, 0.25) is 0 Å². The van der Waals surface area contributed by atoms with Crippen LogP contribution >= 0.6 is 0 Å². The molecule has 0 bridgehead atoms. The Labute approximate surface area is 147 Å². The zero-order chi connectivity index (χ0) is 17.6. The highest BCUT2D eigenvalue weighted by Crippen LogP contribution is 2.22. The van der Waals surface area contributed by atoms with Gasteiger partial charge in [-0.2, -0.15) is 0 Å². The lowest BCUT2D eigenvalue weighted by atomic mass is 10.2. The van der Waals surface area contributed by atoms with Gasteiger partial charge in [-0.3, -0.25) is 9.78 Å². The summed E-state index contributed by atoms with van der Waals surface area (Å²) < 4.78 is 5.81. The lowest BCUT2D eigenvalue weighted by Gasteiger charge is -2.32. The van der Waals surface area contributed by atoms with Crippen molar-refractivity contribution in [2.75, 3.05) is 31.6 Å². The van der Waals surface area contributed by atoms with Crippen molar-refractivity contribution in [3.05, 3.63) is 47.7 Å². The number of hydrogen-bond acceptors (Lipinski definition) is 6. The summed E-state index contributed by atoms with van der Waals surface area (Å²) in [5.74, 6) is 1.51. The smallest absolute Gasteiger partial charge is 0.219 e. The van der Waals surface area contributed by atoms with Gasteiger partial charge in [0.05, 0.1) is 18.8 Å². The van der Waals surface area contributed by atoms with Crippen molar-refractivity contribution in [1.29, 1.82) is 0 Å². The van der Waals surface area contributed by atoms with E-state index in [1.807, 2.05) is 31.2 Å². The highest BCUT2D eigenvalue weighted by molar-refractivity contribution is 5.73. The molecule has 25 heavy (non-hydrogen) atoms. The predicted molar refractivity (Wildman–Crippen MR) is 94.1 cm³/mol. The summed E-state index contributed by atoms with van der Waals surface area (Å²) >= 11 is 0. The minimum Gasteiger partial charge on any atom is -0.370 e. The second kappa shape index (κ2) is 8.02. The van der Waals surface area contributed by atoms with Crippen LogP contribution in [0.1, 0.15) is 30.2 Å². The molecular weight excluding hydrogens is 318 g/mol. The third-order valence-corrected chi connectivity index (χ3v) is 4.11. The molecule has 1 atom stereocenters. The first-order chi connectivity index (χ1) is 12.1. The maximum Gasteiger partial charge on any atom is 0.219 e. The van der Waals surface area contributed by atoms with Gasteiger partial charge in [0.25, 0.3) is 0 Å². The maximum absolute atomic E-state index is 11.6. The van der Waals surface area contributed by atoms with Gasteiger partial charge in [0.15, 0.2) is 0 Å². The van der Waals surface area contributed by atoms with Gasteiger partial charge < -0.3 is 15.0 Å². The summed E-state index contributed by atoms with van der Waals surface area (Å²) in [5, 5.41) is 3.32. The van der Waals surface area contributed by atoms with Gasteiger partial charge in [0, 0.05) is 44.4 Å². The van der Waals surface area contributed by atoms with E-state index in [0.29, 0.717) is 25.5 Å². The Morgan fingerprint density at radius 1 is 1.40 bits per heavy atom. The summed E-state index contributed by atoms with van der Waals surface area (Å²) in [6.07, 6.45) is 2.40. The lowest BCUT2D eigenvalue weighted by molar-refractivity contribution is -0.136. The number of pyridine rings is 1. The fourth-order valence-electron chi connectivity index (χ4n) is 2.83. The van der Waals surface area contributed by atoms with E-state index in [0.717, 1.165) is 30.2 Å². The molecule has 7 heteroatoms. The second-order valence-electron chi connectivity index (χ2n) is 6.05. The molecule has 3 heterocycles. The molecule has 132 valence electrons. The maximum atomic E-state index is 11.6. The standard InChI is InChI=1S/C18H23N5O2/c1-13-21-16(17-12-23(14(2)24)9-10-25-17)11-18(22-13)20-8-6-15-5-3-4-7-19-15/h3-5,7,11,17H,6,8-10,12H2,1-2H3,(H,20,21,22). The number of aryl methyl sites for hydroxylation is 1. The molecular formula is C18H23N5O2. The first-order valence-corrected chi connectivity index (χ1v) is 8.48. The number of morpholine rings is 1. The summed E-state index contributed by atoms with van der Waals surface area (Å²) in [7, 11) is 0. The Morgan fingerprint density at radius 3 is 3.04 bits per heavy atom. The monoisotopic (exact) mass is 341 g/mol. The van der Waals surface area contributed by atoms with Crippen molar-refractivity contribution < 1.29 is 9.53 Å². The molecule has 1 aliphatic heterocycles. The van der Waals surface area contributed by atoms with Crippen molar-refractivity contribution >= 4 is 11.7 Å². The minimum atomic E-state index is -0.212. The average Bonchev–Trinajstić information content (AvgIpc) is 2.62. The molecule has 0 aromatic carbocycles. The van der Waals surface area contributed by atoms with E-state index in [2.05, 4.69) is 20.3 Å². The number of ether oxygens (including phenoxy) is 1. The molecule has 3 rings (SSSR count). The first-order valence-electron chi connectivity index (χ1n) is 8.48. The van der Waals surface area contributed by atoms with Crippen LogP contribution in [0.15, 0.2) is 30.5 Å². The molecule has 1 fully saturated rings. The summed E-state index contributed by atoms with van der Waals surface area (Å²) in [6.45, 7) is 5.86. The largest absolute Gasteiger partial charge is 0.370 e. The highest BCUT2D eigenvalue weighted by Gasteiger charge is 2.25. The fraction of sp³-hybridized carbons (Fsp3) is 0.444. The van der Waals surface area contributed by atoms with Gasteiger partial charge in [0.2, 0.25) is 5.91 Å². The van der Waals surface area contributed by atoms with Crippen LogP contribution in [0.4, 0.5) is 5.82 Å². The number of carbonyl (C=O) groups excluding carboxylic acids is 1. The molecule has 0 saturated carbocycles. The van der Waals surface area contributed by atoms with Crippen molar-refractivity contribution in [2.24, 2.45) is 0 Å². The van der Waals surface area contributed by atoms with Gasteiger partial charge in [-0.15, -0.1) is 0 Å². The van der Waals surface area contributed by atoms with Crippen LogP contribution in [-0.2, 0) is 16.0 Å². The third kappa shape index (κ3) is 4.73. The molecule has 7 nitrogen and oxygen atoms in total. The average molecular weight is 341 g/mol. The van der Waals surface area contributed by atoms with Gasteiger partial charge >= 0.3 is 0 Å². The molecule has 1 amide bonds. The molecule has 1 unspecified atom stereocenters.